The lowest BCUT2D eigenvalue weighted by molar-refractivity contribution is 0.919. The van der Waals surface area contributed by atoms with Gasteiger partial charge in [-0.25, -0.2) is 4.98 Å². The highest BCUT2D eigenvalue weighted by Crippen LogP contribution is 2.43. The zero-order chi connectivity index (χ0) is 45.3. The van der Waals surface area contributed by atoms with Gasteiger partial charge in [0.1, 0.15) is 0 Å². The van der Waals surface area contributed by atoms with Gasteiger partial charge in [0, 0.05) is 28.4 Å². The number of benzene rings is 9. The van der Waals surface area contributed by atoms with Crippen LogP contribution in [0.1, 0.15) is 56.0 Å². The summed E-state index contributed by atoms with van der Waals surface area (Å²) in [5, 5.41) is 2.27. The molecule has 0 saturated heterocycles. The van der Waals surface area contributed by atoms with Crippen molar-refractivity contribution in [3.63, 3.8) is 0 Å². The molecule has 0 saturated carbocycles. The number of hydrogen-bond donors (Lipinski definition) is 0. The molecule has 9 aromatic carbocycles. The van der Waals surface area contributed by atoms with Gasteiger partial charge in [0.05, 0.1) is 0 Å². The first-order valence-electron chi connectivity index (χ1n) is 22.8. The van der Waals surface area contributed by atoms with Crippen molar-refractivity contribution in [1.29, 1.82) is 0 Å². The molecule has 0 aliphatic rings. The zero-order valence-corrected chi connectivity index (χ0v) is 38.4. The van der Waals surface area contributed by atoms with Gasteiger partial charge in [0.15, 0.2) is 11.6 Å². The first-order valence-corrected chi connectivity index (χ1v) is 22.8. The molecule has 66 heavy (non-hydrogen) atoms. The second-order valence-electron chi connectivity index (χ2n) is 17.7. The van der Waals surface area contributed by atoms with Crippen molar-refractivity contribution in [2.45, 2.75) is 47.5 Å². The monoisotopic (exact) mass is 852 g/mol. The predicted molar refractivity (Wildman–Crippen MR) is 276 cm³/mol. The average Bonchev–Trinajstić information content (AvgIpc) is 3.34. The van der Waals surface area contributed by atoms with Crippen LogP contribution in [0.3, 0.4) is 0 Å². The topological polar surface area (TPSA) is 41.9 Å². The summed E-state index contributed by atoms with van der Waals surface area (Å²) in [7, 11) is 0. The fourth-order valence-electron chi connectivity index (χ4n) is 10.0. The van der Waals surface area contributed by atoms with Crippen molar-refractivity contribution in [3.8, 4) is 45.0 Å². The Labute approximate surface area is 389 Å². The van der Waals surface area contributed by atoms with Crippen LogP contribution in [0.2, 0.25) is 0 Å². The minimum Gasteiger partial charge on any atom is -0.279 e. The van der Waals surface area contributed by atoms with Crippen LogP contribution >= 0.6 is 0 Å². The summed E-state index contributed by atoms with van der Waals surface area (Å²) in [5.41, 5.74) is 19.8. The molecule has 0 atom stereocenters. The van der Waals surface area contributed by atoms with Gasteiger partial charge in [-0.2, -0.15) is 9.97 Å². The van der Waals surface area contributed by atoms with Crippen LogP contribution in [0.5, 0.6) is 0 Å². The molecule has 0 amide bonds. The molecule has 0 aliphatic heterocycles. The number of aromatic nitrogens is 3. The maximum Gasteiger partial charge on any atom is 0.238 e. The number of rotatable bonds is 10. The van der Waals surface area contributed by atoms with E-state index < -0.39 is 0 Å². The Morgan fingerprint density at radius 2 is 0.818 bits per heavy atom. The Kier molecular flexibility index (Phi) is 11.4. The van der Waals surface area contributed by atoms with Crippen molar-refractivity contribution < 1.29 is 0 Å². The van der Waals surface area contributed by atoms with Gasteiger partial charge in [0.25, 0.3) is 0 Å². The third kappa shape index (κ3) is 8.30. The van der Waals surface area contributed by atoms with Crippen LogP contribution < -0.4 is 4.90 Å². The fourth-order valence-corrected chi connectivity index (χ4v) is 10.0. The third-order valence-corrected chi connectivity index (χ3v) is 12.8. The molecule has 0 bridgehead atoms. The first kappa shape index (κ1) is 42.0. The van der Waals surface area contributed by atoms with Crippen molar-refractivity contribution >= 4 is 28.1 Å². The third-order valence-electron chi connectivity index (χ3n) is 12.8. The molecule has 4 nitrogen and oxygen atoms in total. The number of fused-ring (bicyclic) bond motifs is 1. The second-order valence-corrected chi connectivity index (χ2v) is 17.7. The summed E-state index contributed by atoms with van der Waals surface area (Å²) in [4.78, 5) is 18.4. The molecule has 0 spiro atoms. The summed E-state index contributed by atoms with van der Waals surface area (Å²) in [6.45, 7) is 13.4. The lowest BCUT2D eigenvalue weighted by Crippen LogP contribution is -2.16. The lowest BCUT2D eigenvalue weighted by Gasteiger charge is -2.28. The van der Waals surface area contributed by atoms with E-state index in [0.29, 0.717) is 17.6 Å². The van der Waals surface area contributed by atoms with Gasteiger partial charge in [-0.1, -0.05) is 175 Å². The molecule has 320 valence electrons. The molecule has 0 aliphatic carbocycles. The Balaban J connectivity index is 1.21. The quantitative estimate of drug-likeness (QED) is 0.129. The highest BCUT2D eigenvalue weighted by molar-refractivity contribution is 5.95. The molecule has 0 radical (unpaired) electrons. The Bertz CT molecular complexity index is 3260. The van der Waals surface area contributed by atoms with Crippen LogP contribution in [0, 0.1) is 41.5 Å². The van der Waals surface area contributed by atoms with Crippen molar-refractivity contribution in [1.82, 2.24) is 15.0 Å². The second kappa shape index (κ2) is 17.9. The predicted octanol–water partition coefficient (Wildman–Crippen LogP) is 16.2. The minimum absolute atomic E-state index is 0.0351. The van der Waals surface area contributed by atoms with E-state index in [-0.39, 0.29) is 5.92 Å². The SMILES string of the molecule is Cc1cc(C)c(C(c2ccc(N(c3cccc(-c4ccccc4)c3)c3nc(-c4ccccc4)nc(-c4cc5ccccc5cc4-c4ccccc4)n3)cc2)c2c(C)cc(C)cc2C)c(C)c1. The summed E-state index contributed by atoms with van der Waals surface area (Å²) < 4.78 is 0. The van der Waals surface area contributed by atoms with E-state index in [1.807, 2.05) is 18.2 Å². The van der Waals surface area contributed by atoms with Gasteiger partial charge >= 0.3 is 0 Å². The van der Waals surface area contributed by atoms with Gasteiger partial charge in [-0.05, 0) is 150 Å². The number of hydrogen-bond acceptors (Lipinski definition) is 4. The standard InChI is InChI=1S/C62H52N4/c1-40-33-42(3)57(43(4)34-40)59(58-44(5)35-41(2)36-45(58)6)48-29-31-53(32-30-48)66(54-28-18-27-50(37-54)46-19-10-7-11-20-46)62-64-60(49-23-14-9-15-24-49)63-61(65-62)56-39-52-26-17-16-25-51(52)38-55(56)47-21-12-8-13-22-47/h7-39,59H,1-6H3. The van der Waals surface area contributed by atoms with E-state index in [9.17, 15) is 0 Å². The van der Waals surface area contributed by atoms with Crippen LogP contribution in [0.15, 0.2) is 200 Å². The van der Waals surface area contributed by atoms with E-state index >= 15 is 0 Å². The van der Waals surface area contributed by atoms with Gasteiger partial charge in [-0.3, -0.25) is 4.90 Å². The Morgan fingerprint density at radius 1 is 0.348 bits per heavy atom. The highest BCUT2D eigenvalue weighted by atomic mass is 15.3. The summed E-state index contributed by atoms with van der Waals surface area (Å²) in [5.74, 6) is 1.75. The maximum absolute atomic E-state index is 5.50. The molecular weight excluding hydrogens is 801 g/mol. The van der Waals surface area contributed by atoms with Crippen LogP contribution in [0.25, 0.3) is 55.8 Å². The van der Waals surface area contributed by atoms with E-state index in [0.717, 1.165) is 55.5 Å². The smallest absolute Gasteiger partial charge is 0.238 e. The van der Waals surface area contributed by atoms with Gasteiger partial charge in [0.2, 0.25) is 5.95 Å². The van der Waals surface area contributed by atoms with Gasteiger partial charge < -0.3 is 0 Å². The number of anilines is 3. The molecule has 10 aromatic rings. The lowest BCUT2D eigenvalue weighted by atomic mass is 9.77. The molecule has 1 heterocycles. The van der Waals surface area contributed by atoms with E-state index in [4.69, 9.17) is 15.0 Å². The largest absolute Gasteiger partial charge is 0.279 e. The van der Waals surface area contributed by atoms with E-state index in [2.05, 4.69) is 228 Å². The van der Waals surface area contributed by atoms with Crippen molar-refractivity contribution in [2.75, 3.05) is 4.90 Å². The molecule has 4 heteroatoms. The Hall–Kier alpha value is -7.95. The fraction of sp³-hybridized carbons (Fsp3) is 0.113. The summed E-state index contributed by atoms with van der Waals surface area (Å²) in [6, 6.07) is 71.4. The maximum atomic E-state index is 5.50. The van der Waals surface area contributed by atoms with Crippen LogP contribution in [-0.4, -0.2) is 15.0 Å². The molecule has 10 rings (SSSR count). The molecule has 1 aromatic heterocycles. The first-order chi connectivity index (χ1) is 32.2. The number of nitrogens with zero attached hydrogens (tertiary/aromatic N) is 4. The normalized spacial score (nSPS) is 11.3. The summed E-state index contributed by atoms with van der Waals surface area (Å²) in [6.07, 6.45) is 0. The van der Waals surface area contributed by atoms with E-state index in [1.165, 1.54) is 50.1 Å². The molecule has 0 unspecified atom stereocenters. The zero-order valence-electron chi connectivity index (χ0n) is 38.4. The summed E-state index contributed by atoms with van der Waals surface area (Å²) >= 11 is 0. The van der Waals surface area contributed by atoms with Crippen molar-refractivity contribution in [3.05, 3.63) is 250 Å². The van der Waals surface area contributed by atoms with Crippen LogP contribution in [0.4, 0.5) is 17.3 Å². The Morgan fingerprint density at radius 3 is 1.38 bits per heavy atom. The van der Waals surface area contributed by atoms with Crippen molar-refractivity contribution in [2.24, 2.45) is 0 Å². The van der Waals surface area contributed by atoms with Crippen LogP contribution in [-0.2, 0) is 0 Å². The molecular formula is C62H52N4. The molecule has 0 fully saturated rings. The number of aryl methyl sites for hydroxylation is 6. The average molecular weight is 853 g/mol. The molecule has 0 N–H and O–H groups in total. The highest BCUT2D eigenvalue weighted by Gasteiger charge is 2.27. The van der Waals surface area contributed by atoms with Gasteiger partial charge in [-0.15, -0.1) is 0 Å². The minimum atomic E-state index is 0.0351. The van der Waals surface area contributed by atoms with E-state index in [1.54, 1.807) is 0 Å².